The van der Waals surface area contributed by atoms with Crippen molar-refractivity contribution in [2.24, 2.45) is 0 Å². The van der Waals surface area contributed by atoms with E-state index in [9.17, 15) is 4.79 Å². The molecule has 0 bridgehead atoms. The number of nitrogens with one attached hydrogen (secondary N) is 1. The van der Waals surface area contributed by atoms with Gasteiger partial charge in [0.1, 0.15) is 0 Å². The molecule has 1 unspecified atom stereocenters. The topological polar surface area (TPSA) is 52.6 Å². The molecule has 4 nitrogen and oxygen atoms in total. The van der Waals surface area contributed by atoms with E-state index in [4.69, 9.17) is 5.11 Å². The molecule has 0 spiro atoms. The van der Waals surface area contributed by atoms with E-state index in [2.05, 4.69) is 5.32 Å². The van der Waals surface area contributed by atoms with Crippen LogP contribution in [0.1, 0.15) is 19.8 Å². The molecule has 1 rings (SSSR count). The first-order valence-corrected chi connectivity index (χ1v) is 4.84. The second kappa shape index (κ2) is 5.19. The summed E-state index contributed by atoms with van der Waals surface area (Å²) in [5.41, 5.74) is 0. The minimum absolute atomic E-state index is 0.149. The molecule has 76 valence electrons. The van der Waals surface area contributed by atoms with Gasteiger partial charge in [0.2, 0.25) is 5.91 Å². The van der Waals surface area contributed by atoms with Crippen LogP contribution in [0.3, 0.4) is 0 Å². The third kappa shape index (κ3) is 3.32. The highest BCUT2D eigenvalue weighted by Gasteiger charge is 2.20. The second-order valence-electron chi connectivity index (χ2n) is 3.48. The van der Waals surface area contributed by atoms with Gasteiger partial charge in [-0.1, -0.05) is 0 Å². The lowest BCUT2D eigenvalue weighted by Crippen LogP contribution is -2.47. The van der Waals surface area contributed by atoms with Gasteiger partial charge in [-0.3, -0.25) is 4.79 Å². The van der Waals surface area contributed by atoms with E-state index in [1.54, 1.807) is 6.92 Å². The van der Waals surface area contributed by atoms with Crippen LogP contribution in [0.15, 0.2) is 0 Å². The lowest BCUT2D eigenvalue weighted by molar-refractivity contribution is -0.130. The summed E-state index contributed by atoms with van der Waals surface area (Å²) < 4.78 is 0. The largest absolute Gasteiger partial charge is 0.395 e. The van der Waals surface area contributed by atoms with Gasteiger partial charge >= 0.3 is 0 Å². The van der Waals surface area contributed by atoms with E-state index >= 15 is 0 Å². The Hall–Kier alpha value is -0.610. The standard InChI is InChI=1S/C9H18N2O2/c1-8(13)11-5-2-3-9(7-11)10-4-6-12/h9-10,12H,2-7H2,1H3. The molecule has 0 saturated carbocycles. The Labute approximate surface area is 78.9 Å². The zero-order valence-electron chi connectivity index (χ0n) is 8.12. The molecule has 0 aromatic rings. The molecule has 1 heterocycles. The van der Waals surface area contributed by atoms with Gasteiger partial charge in [0.25, 0.3) is 0 Å². The predicted molar refractivity (Wildman–Crippen MR) is 50.4 cm³/mol. The molecule has 1 fully saturated rings. The van der Waals surface area contributed by atoms with Crippen molar-refractivity contribution < 1.29 is 9.90 Å². The fourth-order valence-electron chi connectivity index (χ4n) is 1.70. The first-order chi connectivity index (χ1) is 6.24. The Morgan fingerprint density at radius 2 is 2.46 bits per heavy atom. The van der Waals surface area contributed by atoms with Crippen molar-refractivity contribution in [3.8, 4) is 0 Å². The highest BCUT2D eigenvalue weighted by molar-refractivity contribution is 5.73. The number of hydrogen-bond acceptors (Lipinski definition) is 3. The molecule has 1 aliphatic heterocycles. The summed E-state index contributed by atoms with van der Waals surface area (Å²) >= 11 is 0. The fourth-order valence-corrected chi connectivity index (χ4v) is 1.70. The van der Waals surface area contributed by atoms with Gasteiger partial charge in [0, 0.05) is 32.6 Å². The summed E-state index contributed by atoms with van der Waals surface area (Å²) in [5, 5.41) is 11.8. The Morgan fingerprint density at radius 1 is 1.69 bits per heavy atom. The fraction of sp³-hybridized carbons (Fsp3) is 0.889. The minimum atomic E-state index is 0.149. The van der Waals surface area contributed by atoms with E-state index in [0.29, 0.717) is 12.6 Å². The summed E-state index contributed by atoms with van der Waals surface area (Å²) in [7, 11) is 0. The molecule has 13 heavy (non-hydrogen) atoms. The van der Waals surface area contributed by atoms with Crippen molar-refractivity contribution in [3.63, 3.8) is 0 Å². The third-order valence-corrected chi connectivity index (χ3v) is 2.41. The number of piperidine rings is 1. The maximum absolute atomic E-state index is 11.1. The molecule has 0 radical (unpaired) electrons. The number of carbonyl (C=O) groups is 1. The number of aliphatic hydroxyl groups excluding tert-OH is 1. The summed E-state index contributed by atoms with van der Waals surface area (Å²) in [6, 6.07) is 0.366. The molecule has 4 heteroatoms. The Morgan fingerprint density at radius 3 is 3.08 bits per heavy atom. The van der Waals surface area contributed by atoms with Gasteiger partial charge in [-0.05, 0) is 12.8 Å². The van der Waals surface area contributed by atoms with Crippen LogP contribution in [0.4, 0.5) is 0 Å². The zero-order chi connectivity index (χ0) is 9.68. The number of likely N-dealkylation sites (tertiary alicyclic amines) is 1. The average Bonchev–Trinajstić information content (AvgIpc) is 2.15. The summed E-state index contributed by atoms with van der Waals surface area (Å²) in [6.07, 6.45) is 2.16. The number of rotatable bonds is 3. The molecule has 1 atom stereocenters. The van der Waals surface area contributed by atoms with Crippen molar-refractivity contribution >= 4 is 5.91 Å². The highest BCUT2D eigenvalue weighted by Crippen LogP contribution is 2.09. The third-order valence-electron chi connectivity index (χ3n) is 2.41. The van der Waals surface area contributed by atoms with E-state index < -0.39 is 0 Å². The molecular weight excluding hydrogens is 168 g/mol. The number of hydrogen-bond donors (Lipinski definition) is 2. The van der Waals surface area contributed by atoms with Gasteiger partial charge < -0.3 is 15.3 Å². The first-order valence-electron chi connectivity index (χ1n) is 4.84. The second-order valence-corrected chi connectivity index (χ2v) is 3.48. The Kier molecular flexibility index (Phi) is 4.18. The van der Waals surface area contributed by atoms with Crippen LogP contribution in [-0.2, 0) is 4.79 Å². The normalized spacial score (nSPS) is 23.2. The quantitative estimate of drug-likeness (QED) is 0.629. The number of carbonyl (C=O) groups excluding carboxylic acids is 1. The average molecular weight is 186 g/mol. The SMILES string of the molecule is CC(=O)N1CCCC(NCCO)C1. The summed E-state index contributed by atoms with van der Waals surface area (Å²) in [4.78, 5) is 12.9. The number of nitrogens with zero attached hydrogens (tertiary/aromatic N) is 1. The minimum Gasteiger partial charge on any atom is -0.395 e. The molecule has 1 aliphatic rings. The van der Waals surface area contributed by atoms with Crippen molar-refractivity contribution in [1.29, 1.82) is 0 Å². The Bertz CT molecular complexity index is 173. The van der Waals surface area contributed by atoms with E-state index in [1.165, 1.54) is 0 Å². The summed E-state index contributed by atoms with van der Waals surface area (Å²) in [6.45, 7) is 4.06. The highest BCUT2D eigenvalue weighted by atomic mass is 16.3. The van der Waals surface area contributed by atoms with E-state index in [1.807, 2.05) is 4.90 Å². The van der Waals surface area contributed by atoms with Crippen LogP contribution in [0, 0.1) is 0 Å². The van der Waals surface area contributed by atoms with Gasteiger partial charge in [-0.15, -0.1) is 0 Å². The van der Waals surface area contributed by atoms with Crippen LogP contribution in [0.2, 0.25) is 0 Å². The summed E-state index contributed by atoms with van der Waals surface area (Å²) in [5.74, 6) is 0.149. The lowest BCUT2D eigenvalue weighted by Gasteiger charge is -2.32. The molecule has 2 N–H and O–H groups in total. The monoisotopic (exact) mass is 186 g/mol. The molecule has 0 aromatic heterocycles. The number of aliphatic hydroxyl groups is 1. The van der Waals surface area contributed by atoms with Gasteiger partial charge in [0.15, 0.2) is 0 Å². The van der Waals surface area contributed by atoms with Gasteiger partial charge in [0.05, 0.1) is 6.61 Å². The van der Waals surface area contributed by atoms with Crippen LogP contribution in [0.5, 0.6) is 0 Å². The van der Waals surface area contributed by atoms with Crippen molar-refractivity contribution in [1.82, 2.24) is 10.2 Å². The van der Waals surface area contributed by atoms with Crippen molar-refractivity contribution in [2.75, 3.05) is 26.2 Å². The van der Waals surface area contributed by atoms with E-state index in [0.717, 1.165) is 25.9 Å². The molecule has 1 saturated heterocycles. The molecular formula is C9H18N2O2. The molecule has 0 aromatic carbocycles. The number of amides is 1. The zero-order valence-corrected chi connectivity index (χ0v) is 8.12. The smallest absolute Gasteiger partial charge is 0.219 e. The van der Waals surface area contributed by atoms with Crippen LogP contribution in [-0.4, -0.2) is 48.2 Å². The molecule has 0 aliphatic carbocycles. The van der Waals surface area contributed by atoms with Crippen LogP contribution >= 0.6 is 0 Å². The van der Waals surface area contributed by atoms with Crippen LogP contribution in [0.25, 0.3) is 0 Å². The lowest BCUT2D eigenvalue weighted by atomic mass is 10.1. The van der Waals surface area contributed by atoms with Crippen LogP contribution < -0.4 is 5.32 Å². The van der Waals surface area contributed by atoms with Gasteiger partial charge in [-0.2, -0.15) is 0 Å². The molecule has 1 amide bonds. The maximum Gasteiger partial charge on any atom is 0.219 e. The van der Waals surface area contributed by atoms with E-state index in [-0.39, 0.29) is 12.5 Å². The first kappa shape index (κ1) is 10.5. The Balaban J connectivity index is 2.29. The van der Waals surface area contributed by atoms with Crippen molar-refractivity contribution in [3.05, 3.63) is 0 Å². The van der Waals surface area contributed by atoms with Gasteiger partial charge in [-0.25, -0.2) is 0 Å². The predicted octanol–water partition coefficient (Wildman–Crippen LogP) is -0.421. The maximum atomic E-state index is 11.1. The van der Waals surface area contributed by atoms with Crippen molar-refractivity contribution in [2.45, 2.75) is 25.8 Å².